The van der Waals surface area contributed by atoms with Crippen LogP contribution in [0.2, 0.25) is 5.02 Å². The van der Waals surface area contributed by atoms with Gasteiger partial charge in [-0.25, -0.2) is 4.98 Å². The molecule has 1 aromatic rings. The Balaban J connectivity index is 3.00. The van der Waals surface area contributed by atoms with E-state index in [-0.39, 0.29) is 11.9 Å². The smallest absolute Gasteiger partial charge is 0.255 e. The normalized spacial score (nSPS) is 10.8. The molecule has 0 unspecified atom stereocenters. The van der Waals surface area contributed by atoms with Crippen LogP contribution in [0, 0.1) is 0 Å². The quantitative estimate of drug-likeness (QED) is 0.801. The van der Waals surface area contributed by atoms with E-state index in [1.54, 1.807) is 26.4 Å². The highest BCUT2D eigenvalue weighted by atomic mass is 35.5. The average Bonchev–Trinajstić information content (AvgIpc) is 2.50. The number of rotatable bonds is 8. The molecular weight excluding hydrogens is 290 g/mol. The topological polar surface area (TPSA) is 54.5 Å². The predicted octanol–water partition coefficient (Wildman–Crippen LogP) is 3.05. The predicted molar refractivity (Wildman–Crippen MR) is 86.1 cm³/mol. The molecule has 0 saturated carbocycles. The zero-order valence-electron chi connectivity index (χ0n) is 13.1. The van der Waals surface area contributed by atoms with Crippen molar-refractivity contribution in [1.29, 1.82) is 0 Å². The van der Waals surface area contributed by atoms with Crippen LogP contribution in [0.5, 0.6) is 0 Å². The summed E-state index contributed by atoms with van der Waals surface area (Å²) in [6, 6.07) is 1.85. The first-order chi connectivity index (χ1) is 10.1. The second kappa shape index (κ2) is 8.85. The van der Waals surface area contributed by atoms with Gasteiger partial charge < -0.3 is 15.0 Å². The molecule has 0 aromatic carbocycles. The number of carbonyl (C=O) groups is 1. The van der Waals surface area contributed by atoms with Crippen LogP contribution in [0.1, 0.15) is 37.0 Å². The number of ether oxygens (including phenoxy) is 1. The minimum atomic E-state index is -0.0576. The molecule has 5 nitrogen and oxygen atoms in total. The molecule has 118 valence electrons. The summed E-state index contributed by atoms with van der Waals surface area (Å²) < 4.78 is 5.11. The van der Waals surface area contributed by atoms with Crippen LogP contribution in [0.3, 0.4) is 0 Å². The molecule has 0 aliphatic rings. The number of nitrogens with zero attached hydrogens (tertiary/aromatic N) is 2. The van der Waals surface area contributed by atoms with Gasteiger partial charge in [0.1, 0.15) is 5.82 Å². The third-order valence-electron chi connectivity index (χ3n) is 3.51. The van der Waals surface area contributed by atoms with Gasteiger partial charge in [0.05, 0.1) is 17.2 Å². The summed E-state index contributed by atoms with van der Waals surface area (Å²) in [5.74, 6) is 0.511. The van der Waals surface area contributed by atoms with Crippen LogP contribution in [0.4, 0.5) is 5.82 Å². The Labute approximate surface area is 131 Å². The van der Waals surface area contributed by atoms with E-state index in [0.29, 0.717) is 29.6 Å². The first-order valence-electron chi connectivity index (χ1n) is 7.22. The lowest BCUT2D eigenvalue weighted by Gasteiger charge is -2.30. The van der Waals surface area contributed by atoms with Crippen LogP contribution in [0.15, 0.2) is 12.3 Å². The van der Waals surface area contributed by atoms with Crippen molar-refractivity contribution in [3.63, 3.8) is 0 Å². The zero-order chi connectivity index (χ0) is 15.8. The molecule has 0 fully saturated rings. The summed E-state index contributed by atoms with van der Waals surface area (Å²) in [4.78, 5) is 18.7. The van der Waals surface area contributed by atoms with Crippen molar-refractivity contribution in [2.45, 2.75) is 32.7 Å². The summed E-state index contributed by atoms with van der Waals surface area (Å²) in [7, 11) is 3.38. The molecule has 0 spiro atoms. The molecule has 0 atom stereocenters. The maximum atomic E-state index is 12.7. The van der Waals surface area contributed by atoms with E-state index < -0.39 is 0 Å². The Morgan fingerprint density at radius 2 is 2.14 bits per heavy atom. The molecule has 1 amide bonds. The Bertz CT molecular complexity index is 464. The summed E-state index contributed by atoms with van der Waals surface area (Å²) >= 11 is 6.11. The van der Waals surface area contributed by atoms with E-state index in [1.807, 2.05) is 4.90 Å². The fourth-order valence-corrected chi connectivity index (χ4v) is 2.53. The molecule has 6 heteroatoms. The molecule has 0 aliphatic carbocycles. The van der Waals surface area contributed by atoms with Crippen molar-refractivity contribution in [1.82, 2.24) is 9.88 Å². The number of carbonyl (C=O) groups excluding carboxylic acids is 1. The van der Waals surface area contributed by atoms with E-state index in [4.69, 9.17) is 16.3 Å². The first kappa shape index (κ1) is 17.7. The van der Waals surface area contributed by atoms with Gasteiger partial charge in [-0.3, -0.25) is 4.79 Å². The highest BCUT2D eigenvalue weighted by molar-refractivity contribution is 6.33. The van der Waals surface area contributed by atoms with Crippen LogP contribution in [0.25, 0.3) is 0 Å². The van der Waals surface area contributed by atoms with Gasteiger partial charge in [-0.2, -0.15) is 0 Å². The standard InChI is InChI=1S/C15H24ClN3O2/c1-5-12(6-2)19(7-8-21-4)15(20)11-9-13(16)14(17-3)18-10-11/h9-10,12H,5-8H2,1-4H3,(H,17,18). The Morgan fingerprint density at radius 3 is 2.62 bits per heavy atom. The average molecular weight is 314 g/mol. The maximum absolute atomic E-state index is 12.7. The number of nitrogens with one attached hydrogen (secondary N) is 1. The Hall–Kier alpha value is -1.33. The lowest BCUT2D eigenvalue weighted by molar-refractivity contribution is 0.0589. The van der Waals surface area contributed by atoms with Gasteiger partial charge in [-0.05, 0) is 18.9 Å². The summed E-state index contributed by atoms with van der Waals surface area (Å²) in [5.41, 5.74) is 0.502. The molecule has 0 aliphatic heterocycles. The monoisotopic (exact) mass is 313 g/mol. The van der Waals surface area contributed by atoms with Crippen molar-refractivity contribution in [2.75, 3.05) is 32.6 Å². The minimum Gasteiger partial charge on any atom is -0.383 e. The van der Waals surface area contributed by atoms with Gasteiger partial charge in [0.2, 0.25) is 0 Å². The highest BCUT2D eigenvalue weighted by Gasteiger charge is 2.23. The van der Waals surface area contributed by atoms with E-state index in [1.165, 1.54) is 0 Å². The highest BCUT2D eigenvalue weighted by Crippen LogP contribution is 2.21. The van der Waals surface area contributed by atoms with E-state index in [0.717, 1.165) is 12.8 Å². The van der Waals surface area contributed by atoms with Gasteiger partial charge in [0, 0.05) is 32.9 Å². The van der Waals surface area contributed by atoms with Crippen LogP contribution in [-0.2, 0) is 4.74 Å². The number of amides is 1. The minimum absolute atomic E-state index is 0.0576. The van der Waals surface area contributed by atoms with Crippen LogP contribution >= 0.6 is 11.6 Å². The number of anilines is 1. The number of hydrogen-bond acceptors (Lipinski definition) is 4. The largest absolute Gasteiger partial charge is 0.383 e. The summed E-state index contributed by atoms with van der Waals surface area (Å²) in [6.07, 6.45) is 3.37. The maximum Gasteiger partial charge on any atom is 0.255 e. The molecular formula is C15H24ClN3O2. The fraction of sp³-hybridized carbons (Fsp3) is 0.600. The number of hydrogen-bond donors (Lipinski definition) is 1. The summed E-state index contributed by atoms with van der Waals surface area (Å²) in [6.45, 7) is 5.23. The lowest BCUT2D eigenvalue weighted by Crippen LogP contribution is -2.41. The Kier molecular flexibility index (Phi) is 7.47. The number of aromatic nitrogens is 1. The molecule has 0 saturated heterocycles. The van der Waals surface area contributed by atoms with Crippen LogP contribution < -0.4 is 5.32 Å². The second-order valence-corrected chi connectivity index (χ2v) is 5.17. The number of halogens is 1. The fourth-order valence-electron chi connectivity index (χ4n) is 2.27. The SMILES string of the molecule is CCC(CC)N(CCOC)C(=O)c1cnc(NC)c(Cl)c1. The van der Waals surface area contributed by atoms with Crippen LogP contribution in [-0.4, -0.2) is 49.1 Å². The lowest BCUT2D eigenvalue weighted by atomic mass is 10.1. The molecule has 0 radical (unpaired) electrons. The van der Waals surface area contributed by atoms with Crippen molar-refractivity contribution < 1.29 is 9.53 Å². The molecule has 0 bridgehead atoms. The van der Waals surface area contributed by atoms with Gasteiger partial charge in [-0.1, -0.05) is 25.4 Å². The number of pyridine rings is 1. The molecule has 21 heavy (non-hydrogen) atoms. The van der Waals surface area contributed by atoms with Crippen molar-refractivity contribution in [2.24, 2.45) is 0 Å². The summed E-state index contributed by atoms with van der Waals surface area (Å²) in [5, 5.41) is 3.33. The third kappa shape index (κ3) is 4.58. The van der Waals surface area contributed by atoms with Crippen molar-refractivity contribution in [3.8, 4) is 0 Å². The Morgan fingerprint density at radius 1 is 1.48 bits per heavy atom. The number of methoxy groups -OCH3 is 1. The van der Waals surface area contributed by atoms with Gasteiger partial charge in [0.15, 0.2) is 0 Å². The third-order valence-corrected chi connectivity index (χ3v) is 3.79. The molecule has 1 rings (SSSR count). The zero-order valence-corrected chi connectivity index (χ0v) is 13.9. The molecule has 1 aromatic heterocycles. The van der Waals surface area contributed by atoms with E-state index in [9.17, 15) is 4.79 Å². The second-order valence-electron chi connectivity index (χ2n) is 4.77. The van der Waals surface area contributed by atoms with E-state index in [2.05, 4.69) is 24.1 Å². The first-order valence-corrected chi connectivity index (χ1v) is 7.59. The van der Waals surface area contributed by atoms with E-state index >= 15 is 0 Å². The molecule has 1 N–H and O–H groups in total. The van der Waals surface area contributed by atoms with Gasteiger partial charge in [0.25, 0.3) is 5.91 Å². The van der Waals surface area contributed by atoms with Crippen molar-refractivity contribution >= 4 is 23.3 Å². The van der Waals surface area contributed by atoms with Gasteiger partial charge >= 0.3 is 0 Å². The molecule has 1 heterocycles. The van der Waals surface area contributed by atoms with Gasteiger partial charge in [-0.15, -0.1) is 0 Å². The van der Waals surface area contributed by atoms with Crippen molar-refractivity contribution in [3.05, 3.63) is 22.8 Å².